The highest BCUT2D eigenvalue weighted by Crippen LogP contribution is 2.31. The van der Waals surface area contributed by atoms with Crippen molar-refractivity contribution in [3.05, 3.63) is 71.9 Å². The van der Waals surface area contributed by atoms with Crippen molar-refractivity contribution >= 4 is 6.03 Å². The first-order valence-corrected chi connectivity index (χ1v) is 9.38. The van der Waals surface area contributed by atoms with E-state index >= 15 is 0 Å². The molecule has 1 aliphatic rings. The Hall–Kier alpha value is -3.22. The van der Waals surface area contributed by atoms with Crippen LogP contribution < -0.4 is 5.32 Å². The highest BCUT2D eigenvalue weighted by atomic mass is 19.1. The van der Waals surface area contributed by atoms with Crippen molar-refractivity contribution in [3.8, 4) is 11.4 Å². The van der Waals surface area contributed by atoms with Crippen molar-refractivity contribution in [2.24, 2.45) is 0 Å². The summed E-state index contributed by atoms with van der Waals surface area (Å²) in [6.45, 7) is 0.963. The lowest BCUT2D eigenvalue weighted by Crippen LogP contribution is -2.44. The summed E-state index contributed by atoms with van der Waals surface area (Å²) in [5.41, 5.74) is 1.72. The van der Waals surface area contributed by atoms with E-state index in [9.17, 15) is 9.18 Å². The molecule has 1 saturated heterocycles. The van der Waals surface area contributed by atoms with Crippen molar-refractivity contribution < 1.29 is 13.7 Å². The summed E-state index contributed by atoms with van der Waals surface area (Å²) in [5, 5.41) is 6.98. The molecule has 0 bridgehead atoms. The normalized spacial score (nSPS) is 16.8. The van der Waals surface area contributed by atoms with E-state index in [2.05, 4.69) is 15.5 Å². The molecule has 1 aliphatic heterocycles. The number of urea groups is 1. The smallest absolute Gasteiger partial charge is 0.318 e. The first kappa shape index (κ1) is 18.2. The first-order valence-electron chi connectivity index (χ1n) is 9.38. The molecule has 1 fully saturated rings. The summed E-state index contributed by atoms with van der Waals surface area (Å²) in [7, 11) is 0. The van der Waals surface area contributed by atoms with Gasteiger partial charge in [-0.15, -0.1) is 0 Å². The van der Waals surface area contributed by atoms with Gasteiger partial charge in [0.1, 0.15) is 11.9 Å². The number of benzene rings is 2. The molecule has 2 amide bonds. The molecule has 1 aromatic heterocycles. The fourth-order valence-electron chi connectivity index (χ4n) is 3.39. The van der Waals surface area contributed by atoms with Gasteiger partial charge < -0.3 is 14.7 Å². The molecule has 3 aromatic rings. The Morgan fingerprint density at radius 1 is 1.14 bits per heavy atom. The highest BCUT2D eigenvalue weighted by molar-refractivity contribution is 5.74. The zero-order chi connectivity index (χ0) is 19.3. The molecule has 0 unspecified atom stereocenters. The van der Waals surface area contributed by atoms with Gasteiger partial charge in [0.05, 0.1) is 0 Å². The van der Waals surface area contributed by atoms with Gasteiger partial charge in [-0.3, -0.25) is 0 Å². The second kappa shape index (κ2) is 8.21. The van der Waals surface area contributed by atoms with E-state index in [0.717, 1.165) is 30.4 Å². The zero-order valence-corrected chi connectivity index (χ0v) is 15.3. The highest BCUT2D eigenvalue weighted by Gasteiger charge is 2.32. The van der Waals surface area contributed by atoms with E-state index in [-0.39, 0.29) is 17.9 Å². The van der Waals surface area contributed by atoms with Crippen LogP contribution in [0.15, 0.2) is 59.1 Å². The third-order valence-corrected chi connectivity index (χ3v) is 4.88. The molecule has 0 aliphatic carbocycles. The molecule has 6 nitrogen and oxygen atoms in total. The van der Waals surface area contributed by atoms with Gasteiger partial charge in [-0.1, -0.05) is 47.6 Å². The molecule has 2 aromatic carbocycles. The number of nitrogens with one attached hydrogen (secondary N) is 1. The minimum atomic E-state index is -0.295. The van der Waals surface area contributed by atoms with Crippen LogP contribution >= 0.6 is 0 Å². The summed E-state index contributed by atoms with van der Waals surface area (Å²) in [5.74, 6) is 0.681. The van der Waals surface area contributed by atoms with Crippen LogP contribution in [0.1, 0.15) is 36.8 Å². The van der Waals surface area contributed by atoms with E-state index in [1.165, 1.54) is 12.1 Å². The van der Waals surface area contributed by atoms with Gasteiger partial charge in [0.25, 0.3) is 0 Å². The fourth-order valence-corrected chi connectivity index (χ4v) is 3.39. The quantitative estimate of drug-likeness (QED) is 0.732. The Bertz CT molecular complexity index is 927. The van der Waals surface area contributed by atoms with Crippen LogP contribution in [0.3, 0.4) is 0 Å². The Kier molecular flexibility index (Phi) is 5.32. The predicted octanol–water partition coefficient (Wildman–Crippen LogP) is 4.31. The van der Waals surface area contributed by atoms with Gasteiger partial charge in [0, 0.05) is 18.7 Å². The number of rotatable bonds is 4. The third kappa shape index (κ3) is 4.03. The summed E-state index contributed by atoms with van der Waals surface area (Å²) in [6, 6.07) is 15.3. The van der Waals surface area contributed by atoms with Gasteiger partial charge in [-0.2, -0.15) is 4.98 Å². The maximum absolute atomic E-state index is 13.0. The van der Waals surface area contributed by atoms with Crippen LogP contribution in [0, 0.1) is 5.82 Å². The number of hydrogen-bond donors (Lipinski definition) is 1. The predicted molar refractivity (Wildman–Crippen MR) is 102 cm³/mol. The molecule has 1 N–H and O–H groups in total. The first-order chi connectivity index (χ1) is 13.7. The molecule has 1 atom stereocenters. The van der Waals surface area contributed by atoms with E-state index in [1.807, 2.05) is 30.3 Å². The molecule has 0 spiro atoms. The molecule has 4 rings (SSSR count). The molecular weight excluding hydrogens is 359 g/mol. The van der Waals surface area contributed by atoms with Gasteiger partial charge >= 0.3 is 6.03 Å². The lowest BCUT2D eigenvalue weighted by atomic mass is 10.0. The van der Waals surface area contributed by atoms with Crippen LogP contribution in [-0.2, 0) is 6.54 Å². The molecule has 2 heterocycles. The number of halogens is 1. The van der Waals surface area contributed by atoms with Gasteiger partial charge in [-0.25, -0.2) is 9.18 Å². The lowest BCUT2D eigenvalue weighted by Gasteiger charge is -2.33. The van der Waals surface area contributed by atoms with Crippen LogP contribution in [0.25, 0.3) is 11.4 Å². The number of hydrogen-bond acceptors (Lipinski definition) is 4. The Morgan fingerprint density at radius 2 is 1.93 bits per heavy atom. The van der Waals surface area contributed by atoms with Crippen molar-refractivity contribution in [1.82, 2.24) is 20.4 Å². The SMILES string of the molecule is O=C(NCc1ccc(F)cc1)N1CCCC[C@H]1c1nc(-c2ccccc2)no1. The average Bonchev–Trinajstić information content (AvgIpc) is 3.24. The Morgan fingerprint density at radius 3 is 2.71 bits per heavy atom. The lowest BCUT2D eigenvalue weighted by molar-refractivity contribution is 0.131. The number of carbonyl (C=O) groups is 1. The summed E-state index contributed by atoms with van der Waals surface area (Å²) >= 11 is 0. The van der Waals surface area contributed by atoms with Crippen LogP contribution in [0.2, 0.25) is 0 Å². The largest absolute Gasteiger partial charge is 0.337 e. The summed E-state index contributed by atoms with van der Waals surface area (Å²) in [6.07, 6.45) is 2.70. The summed E-state index contributed by atoms with van der Waals surface area (Å²) in [4.78, 5) is 19.0. The third-order valence-electron chi connectivity index (χ3n) is 4.88. The minimum Gasteiger partial charge on any atom is -0.337 e. The monoisotopic (exact) mass is 380 g/mol. The van der Waals surface area contributed by atoms with Crippen molar-refractivity contribution in [2.45, 2.75) is 31.8 Å². The number of carbonyl (C=O) groups excluding carboxylic acids is 1. The number of amides is 2. The second-order valence-electron chi connectivity index (χ2n) is 6.81. The zero-order valence-electron chi connectivity index (χ0n) is 15.3. The van der Waals surface area contributed by atoms with E-state index < -0.39 is 0 Å². The maximum Gasteiger partial charge on any atom is 0.318 e. The van der Waals surface area contributed by atoms with Gasteiger partial charge in [0.15, 0.2) is 0 Å². The standard InChI is InChI=1S/C21H21FN4O2/c22-17-11-9-15(10-12-17)14-23-21(27)26-13-5-4-8-18(26)20-24-19(25-28-20)16-6-2-1-3-7-16/h1-3,6-7,9-12,18H,4-5,8,13-14H2,(H,23,27)/t18-/m0/s1. The number of piperidine rings is 1. The van der Waals surface area contributed by atoms with Crippen LogP contribution in [0.5, 0.6) is 0 Å². The van der Waals surface area contributed by atoms with Gasteiger partial charge in [-0.05, 0) is 37.0 Å². The Labute approximate surface area is 162 Å². The van der Waals surface area contributed by atoms with E-state index in [0.29, 0.717) is 24.8 Å². The van der Waals surface area contributed by atoms with Crippen LogP contribution in [0.4, 0.5) is 9.18 Å². The number of aromatic nitrogens is 2. The van der Waals surface area contributed by atoms with Crippen LogP contribution in [-0.4, -0.2) is 27.6 Å². The summed E-state index contributed by atoms with van der Waals surface area (Å²) < 4.78 is 18.5. The van der Waals surface area contributed by atoms with E-state index in [1.54, 1.807) is 17.0 Å². The average molecular weight is 380 g/mol. The van der Waals surface area contributed by atoms with E-state index in [4.69, 9.17) is 4.52 Å². The maximum atomic E-state index is 13.0. The number of nitrogens with zero attached hydrogens (tertiary/aromatic N) is 3. The Balaban J connectivity index is 1.46. The minimum absolute atomic E-state index is 0.187. The van der Waals surface area contributed by atoms with Crippen molar-refractivity contribution in [2.75, 3.05) is 6.54 Å². The van der Waals surface area contributed by atoms with Crippen molar-refractivity contribution in [1.29, 1.82) is 0 Å². The van der Waals surface area contributed by atoms with Crippen molar-refractivity contribution in [3.63, 3.8) is 0 Å². The molecule has 28 heavy (non-hydrogen) atoms. The molecular formula is C21H21FN4O2. The fraction of sp³-hybridized carbons (Fsp3) is 0.286. The second-order valence-corrected chi connectivity index (χ2v) is 6.81. The number of likely N-dealkylation sites (tertiary alicyclic amines) is 1. The molecule has 0 radical (unpaired) electrons. The molecule has 144 valence electrons. The molecule has 0 saturated carbocycles. The topological polar surface area (TPSA) is 71.3 Å². The van der Waals surface area contributed by atoms with Gasteiger partial charge in [0.2, 0.25) is 11.7 Å². The molecule has 7 heteroatoms.